The van der Waals surface area contributed by atoms with Crippen molar-refractivity contribution in [2.24, 2.45) is 0 Å². The maximum atomic E-state index is 11.8. The minimum Gasteiger partial charge on any atom is -0.494 e. The van der Waals surface area contributed by atoms with Gasteiger partial charge in [-0.3, -0.25) is 14.4 Å². The largest absolute Gasteiger partial charge is 0.494 e. The predicted molar refractivity (Wildman–Crippen MR) is 126 cm³/mol. The average molecular weight is 578 g/mol. The fraction of sp³-hybridized carbons (Fsp3) is 0.609. The van der Waals surface area contributed by atoms with E-state index in [9.17, 15) is 14.4 Å². The minimum absolute atomic E-state index is 0.407. The molecule has 33 heavy (non-hydrogen) atoms. The number of carbonyl (C=O) groups excluding carboxylic acids is 3. The number of ether oxygens (including phenoxy) is 6. The lowest BCUT2D eigenvalue weighted by molar-refractivity contribution is -0.279. The van der Waals surface area contributed by atoms with Gasteiger partial charge in [-0.25, -0.2) is 0 Å². The first-order valence-corrected chi connectivity index (χ1v) is 12.4. The Labute approximate surface area is 207 Å². The van der Waals surface area contributed by atoms with Crippen LogP contribution in [0.2, 0.25) is 0 Å². The van der Waals surface area contributed by atoms with Crippen LogP contribution in [0.1, 0.15) is 47.0 Å². The van der Waals surface area contributed by atoms with Gasteiger partial charge < -0.3 is 28.4 Å². The Morgan fingerprint density at radius 3 is 1.94 bits per heavy atom. The number of esters is 3. The highest BCUT2D eigenvalue weighted by Gasteiger charge is 2.52. The van der Waals surface area contributed by atoms with Gasteiger partial charge in [0.05, 0.1) is 6.61 Å². The van der Waals surface area contributed by atoms with Gasteiger partial charge in [0.25, 0.3) is 0 Å². The van der Waals surface area contributed by atoms with Crippen molar-refractivity contribution in [3.8, 4) is 11.5 Å². The van der Waals surface area contributed by atoms with Crippen molar-refractivity contribution in [3.05, 3.63) is 24.3 Å². The molecule has 1 aromatic rings. The maximum Gasteiger partial charge on any atom is 0.303 e. The van der Waals surface area contributed by atoms with Crippen molar-refractivity contribution >= 4 is 40.5 Å². The van der Waals surface area contributed by atoms with E-state index in [1.807, 2.05) is 0 Å². The van der Waals surface area contributed by atoms with Crippen molar-refractivity contribution in [2.45, 2.75) is 77.7 Å². The molecule has 10 heteroatoms. The first-order valence-electron chi connectivity index (χ1n) is 10.9. The zero-order valence-corrected chi connectivity index (χ0v) is 21.4. The molecule has 9 nitrogen and oxygen atoms in total. The summed E-state index contributed by atoms with van der Waals surface area (Å²) in [6, 6.07) is 6.96. The van der Waals surface area contributed by atoms with Crippen molar-refractivity contribution in [3.63, 3.8) is 0 Å². The molecule has 1 aliphatic heterocycles. The van der Waals surface area contributed by atoms with Gasteiger partial charge in [-0.15, -0.1) is 0 Å². The molecule has 0 amide bonds. The molecule has 5 atom stereocenters. The molecule has 1 fully saturated rings. The van der Waals surface area contributed by atoms with E-state index in [1.165, 1.54) is 20.8 Å². The molecular formula is C23H31IO9. The third-order valence-electron chi connectivity index (χ3n) is 4.74. The van der Waals surface area contributed by atoms with Gasteiger partial charge >= 0.3 is 17.9 Å². The van der Waals surface area contributed by atoms with Gasteiger partial charge in [-0.05, 0) is 30.7 Å². The SMILES string of the molecule is CCCCCOc1ccc(O[C@@H]2O[C@H](CI)[C@H](OC(C)=O)[C@@H](OC(C)=O)[C@H]2OC(C)=O)cc1. The molecule has 0 aliphatic carbocycles. The molecule has 184 valence electrons. The summed E-state index contributed by atoms with van der Waals surface area (Å²) >= 11 is 2.07. The quantitative estimate of drug-likeness (QED) is 0.128. The lowest BCUT2D eigenvalue weighted by atomic mass is 9.99. The topological polar surface area (TPSA) is 107 Å². The van der Waals surface area contributed by atoms with Crippen LogP contribution in [0.15, 0.2) is 24.3 Å². The zero-order valence-electron chi connectivity index (χ0n) is 19.3. The number of hydrogen-bond acceptors (Lipinski definition) is 9. The van der Waals surface area contributed by atoms with Crippen LogP contribution in [0.3, 0.4) is 0 Å². The number of benzene rings is 1. The van der Waals surface area contributed by atoms with Crippen LogP contribution in [-0.2, 0) is 33.3 Å². The second-order valence-corrected chi connectivity index (χ2v) is 8.44. The molecule has 0 N–H and O–H groups in total. The summed E-state index contributed by atoms with van der Waals surface area (Å²) in [6.45, 7) is 6.44. The molecule has 0 radical (unpaired) electrons. The molecule has 0 spiro atoms. The van der Waals surface area contributed by atoms with E-state index in [2.05, 4.69) is 29.5 Å². The molecule has 1 saturated heterocycles. The highest BCUT2D eigenvalue weighted by molar-refractivity contribution is 14.1. The van der Waals surface area contributed by atoms with Gasteiger partial charge in [0.1, 0.15) is 17.6 Å². The van der Waals surface area contributed by atoms with Crippen LogP contribution in [-0.4, -0.2) is 59.6 Å². The highest BCUT2D eigenvalue weighted by atomic mass is 127. The third-order valence-corrected chi connectivity index (χ3v) is 5.61. The van der Waals surface area contributed by atoms with Gasteiger partial charge in [0.2, 0.25) is 12.4 Å². The van der Waals surface area contributed by atoms with E-state index in [-0.39, 0.29) is 0 Å². The van der Waals surface area contributed by atoms with Crippen LogP contribution in [0.4, 0.5) is 0 Å². The Balaban J connectivity index is 2.22. The molecule has 2 rings (SSSR count). The van der Waals surface area contributed by atoms with Crippen molar-refractivity contribution in [1.82, 2.24) is 0 Å². The number of halogens is 1. The van der Waals surface area contributed by atoms with Crippen molar-refractivity contribution < 1.29 is 42.8 Å². The Morgan fingerprint density at radius 2 is 1.39 bits per heavy atom. The minimum atomic E-state index is -1.15. The third kappa shape index (κ3) is 8.65. The molecule has 0 unspecified atom stereocenters. The zero-order chi connectivity index (χ0) is 24.4. The summed E-state index contributed by atoms with van der Waals surface area (Å²) in [4.78, 5) is 35.3. The molecule has 0 aromatic heterocycles. The van der Waals surface area contributed by atoms with Crippen LogP contribution < -0.4 is 9.47 Å². The lowest BCUT2D eigenvalue weighted by Gasteiger charge is -2.43. The number of hydrogen-bond donors (Lipinski definition) is 0. The summed E-state index contributed by atoms with van der Waals surface area (Å²) in [5.41, 5.74) is 0. The Kier molecular flexibility index (Phi) is 11.2. The van der Waals surface area contributed by atoms with Crippen LogP contribution in [0.25, 0.3) is 0 Å². The highest BCUT2D eigenvalue weighted by Crippen LogP contribution is 2.31. The van der Waals surface area contributed by atoms with Gasteiger partial charge in [0.15, 0.2) is 12.2 Å². The number of unbranched alkanes of at least 4 members (excludes halogenated alkanes) is 2. The summed E-state index contributed by atoms with van der Waals surface area (Å²) in [6.07, 6.45) is -1.77. The normalized spacial score (nSPS) is 24.5. The van der Waals surface area contributed by atoms with E-state index < -0.39 is 48.6 Å². The standard InChI is InChI=1S/C23H31IO9/c1-5-6-7-12-28-17-8-10-18(11-9-17)32-23-22(31-16(4)27)21(30-15(3)26)20(29-14(2)25)19(13-24)33-23/h8-11,19-23H,5-7,12-13H2,1-4H3/t19-,20+,21-,22-,23-/m1/s1. The number of rotatable bonds is 11. The Bertz CT molecular complexity index is 783. The Morgan fingerprint density at radius 1 is 0.848 bits per heavy atom. The Hall–Kier alpha value is -2.08. The van der Waals surface area contributed by atoms with E-state index in [0.717, 1.165) is 19.3 Å². The van der Waals surface area contributed by atoms with Crippen LogP contribution in [0, 0.1) is 0 Å². The predicted octanol–water partition coefficient (Wildman–Crippen LogP) is 3.59. The molecule has 0 saturated carbocycles. The molecule has 1 heterocycles. The number of carbonyl (C=O) groups is 3. The van der Waals surface area contributed by atoms with Gasteiger partial charge in [-0.1, -0.05) is 42.4 Å². The maximum absolute atomic E-state index is 11.8. The monoisotopic (exact) mass is 578 g/mol. The van der Waals surface area contributed by atoms with E-state index in [4.69, 9.17) is 28.4 Å². The summed E-state index contributed by atoms with van der Waals surface area (Å²) in [5.74, 6) is -0.673. The molecule has 1 aromatic carbocycles. The van der Waals surface area contributed by atoms with Crippen molar-refractivity contribution in [2.75, 3.05) is 11.0 Å². The van der Waals surface area contributed by atoms with Crippen LogP contribution >= 0.6 is 22.6 Å². The molecule has 0 bridgehead atoms. The molecular weight excluding hydrogens is 547 g/mol. The first kappa shape index (κ1) is 27.2. The van der Waals surface area contributed by atoms with Crippen molar-refractivity contribution in [1.29, 1.82) is 0 Å². The fourth-order valence-corrected chi connectivity index (χ4v) is 4.07. The number of alkyl halides is 1. The summed E-state index contributed by atoms with van der Waals surface area (Å²) in [5, 5.41) is 0. The lowest BCUT2D eigenvalue weighted by Crippen LogP contribution is -2.63. The summed E-state index contributed by atoms with van der Waals surface area (Å²) in [7, 11) is 0. The average Bonchev–Trinajstić information content (AvgIpc) is 2.75. The second kappa shape index (κ2) is 13.6. The van der Waals surface area contributed by atoms with E-state index in [1.54, 1.807) is 24.3 Å². The molecule has 1 aliphatic rings. The van der Waals surface area contributed by atoms with Gasteiger partial charge in [0, 0.05) is 25.2 Å². The van der Waals surface area contributed by atoms with Crippen LogP contribution in [0.5, 0.6) is 11.5 Å². The fourth-order valence-electron chi connectivity index (χ4n) is 3.36. The van der Waals surface area contributed by atoms with Gasteiger partial charge in [-0.2, -0.15) is 0 Å². The first-order chi connectivity index (χ1) is 15.7. The van der Waals surface area contributed by atoms with E-state index >= 15 is 0 Å². The second-order valence-electron chi connectivity index (χ2n) is 7.56. The summed E-state index contributed by atoms with van der Waals surface area (Å²) < 4.78 is 34.3. The smallest absolute Gasteiger partial charge is 0.303 e. The van der Waals surface area contributed by atoms with E-state index in [0.29, 0.717) is 22.5 Å².